The summed E-state index contributed by atoms with van der Waals surface area (Å²) < 4.78 is 8.51. The number of carbonyl (C=O) groups excluding carboxylic acids is 1. The van der Waals surface area contributed by atoms with Gasteiger partial charge >= 0.3 is 0 Å². The molecule has 0 radical (unpaired) electrons. The van der Waals surface area contributed by atoms with E-state index in [4.69, 9.17) is 9.84 Å². The Hall–Kier alpha value is -4.52. The molecule has 0 amide bonds. The number of nitrogens with zero attached hydrogens (tertiary/aromatic N) is 3. The van der Waals surface area contributed by atoms with Gasteiger partial charge in [0.2, 0.25) is 0 Å². The van der Waals surface area contributed by atoms with Gasteiger partial charge in [-0.25, -0.2) is 4.68 Å². The van der Waals surface area contributed by atoms with Crippen molar-refractivity contribution in [2.45, 2.75) is 38.3 Å². The van der Waals surface area contributed by atoms with Gasteiger partial charge in [-0.05, 0) is 94.7 Å². The summed E-state index contributed by atoms with van der Waals surface area (Å²) in [5, 5.41) is 6.10. The molecule has 1 aliphatic rings. The average molecular weight is 699 g/mol. The van der Waals surface area contributed by atoms with Crippen molar-refractivity contribution in [2.75, 3.05) is 20.2 Å². The Kier molecular flexibility index (Phi) is 9.29. The number of halogens is 1. The van der Waals surface area contributed by atoms with Gasteiger partial charge in [-0.15, -0.1) is 0 Å². The minimum atomic E-state index is -0.745. The lowest BCUT2D eigenvalue weighted by atomic mass is 9.77. The lowest BCUT2D eigenvalue weighted by Gasteiger charge is -2.37. The van der Waals surface area contributed by atoms with Crippen molar-refractivity contribution in [1.29, 1.82) is 0 Å². The van der Waals surface area contributed by atoms with E-state index in [-0.39, 0.29) is 5.78 Å². The largest absolute Gasteiger partial charge is 0.496 e. The number of hydrogen-bond donors (Lipinski definition) is 0. The predicted octanol–water partition coefficient (Wildman–Crippen LogP) is 9.44. The Morgan fingerprint density at radius 3 is 2.08 bits per heavy atom. The number of Topliss-reactive ketones (excluding diaryl/α,β-unsaturated/α-hetero) is 1. The van der Waals surface area contributed by atoms with E-state index in [0.717, 1.165) is 76.0 Å². The molecule has 1 atom stereocenters. The smallest absolute Gasteiger partial charge is 0.163 e. The van der Waals surface area contributed by atoms with Crippen molar-refractivity contribution >= 4 is 32.6 Å². The molecular weight excluding hydrogens is 658 g/mol. The Bertz CT molecular complexity index is 1930. The van der Waals surface area contributed by atoms with Crippen molar-refractivity contribution in [1.82, 2.24) is 14.7 Å². The third kappa shape index (κ3) is 5.99. The molecule has 0 unspecified atom stereocenters. The second-order valence-corrected chi connectivity index (χ2v) is 13.6. The molecule has 0 spiro atoms. The van der Waals surface area contributed by atoms with Crippen molar-refractivity contribution in [3.05, 3.63) is 165 Å². The molecule has 1 saturated heterocycles. The van der Waals surface area contributed by atoms with Crippen LogP contribution in [0.25, 0.3) is 10.9 Å². The lowest BCUT2D eigenvalue weighted by Crippen LogP contribution is -2.38. The maximum Gasteiger partial charge on any atom is 0.163 e. The van der Waals surface area contributed by atoms with Crippen LogP contribution in [0, 0.1) is 12.8 Å². The first-order chi connectivity index (χ1) is 23.5. The van der Waals surface area contributed by atoms with E-state index in [1.165, 1.54) is 11.1 Å². The highest BCUT2D eigenvalue weighted by atomic mass is 79.9. The molecule has 1 aromatic heterocycles. The number of ketones is 1. The molecule has 5 nitrogen and oxygen atoms in total. The molecule has 6 aromatic rings. The number of ether oxygens (including phenoxy) is 1. The van der Waals surface area contributed by atoms with Gasteiger partial charge in [0.1, 0.15) is 15.9 Å². The topological polar surface area (TPSA) is 47.4 Å². The van der Waals surface area contributed by atoms with Gasteiger partial charge in [0, 0.05) is 36.0 Å². The molecule has 0 bridgehead atoms. The van der Waals surface area contributed by atoms with E-state index in [2.05, 4.69) is 117 Å². The molecule has 6 heteroatoms. The van der Waals surface area contributed by atoms with Crippen LogP contribution >= 0.6 is 15.9 Å². The molecule has 1 aliphatic heterocycles. The first-order valence-electron chi connectivity index (χ1n) is 16.7. The number of hydrogen-bond acceptors (Lipinski definition) is 4. The summed E-state index contributed by atoms with van der Waals surface area (Å²) in [5.41, 5.74) is 6.71. The van der Waals surface area contributed by atoms with Crippen LogP contribution in [-0.2, 0) is 12.1 Å². The quantitative estimate of drug-likeness (QED) is 0.106. The Morgan fingerprint density at radius 1 is 0.854 bits per heavy atom. The molecule has 48 heavy (non-hydrogen) atoms. The molecular formula is C42H40BrN3O2. The number of likely N-dealkylation sites (tertiary alicyclic amines) is 1. The number of benzene rings is 5. The molecule has 2 heterocycles. The van der Waals surface area contributed by atoms with Crippen LogP contribution < -0.4 is 4.74 Å². The number of carbonyl (C=O) groups is 1. The van der Waals surface area contributed by atoms with E-state index >= 15 is 0 Å². The fraction of sp³-hybridized carbons (Fsp3) is 0.238. The van der Waals surface area contributed by atoms with Crippen LogP contribution in [0.1, 0.15) is 57.4 Å². The maximum absolute atomic E-state index is 13.9. The Balaban J connectivity index is 1.22. The minimum absolute atomic E-state index is 0.178. The van der Waals surface area contributed by atoms with E-state index in [1.807, 2.05) is 42.5 Å². The number of methoxy groups -OCH3 is 1. The average Bonchev–Trinajstić information content (AvgIpc) is 3.46. The molecule has 0 N–H and O–H groups in total. The second-order valence-electron chi connectivity index (χ2n) is 12.9. The Labute approximate surface area is 291 Å². The van der Waals surface area contributed by atoms with Gasteiger partial charge in [0.15, 0.2) is 5.78 Å². The fourth-order valence-electron chi connectivity index (χ4n) is 7.55. The highest BCUT2D eigenvalue weighted by Gasteiger charge is 2.41. The van der Waals surface area contributed by atoms with Gasteiger partial charge in [0.25, 0.3) is 0 Å². The van der Waals surface area contributed by atoms with Gasteiger partial charge < -0.3 is 4.74 Å². The maximum atomic E-state index is 13.9. The molecule has 7 rings (SSSR count). The molecule has 1 fully saturated rings. The summed E-state index contributed by atoms with van der Waals surface area (Å²) >= 11 is 3.81. The van der Waals surface area contributed by atoms with Gasteiger partial charge in [-0.2, -0.15) is 5.10 Å². The second kappa shape index (κ2) is 13.9. The van der Waals surface area contributed by atoms with E-state index < -0.39 is 5.54 Å². The van der Waals surface area contributed by atoms with Crippen LogP contribution in [0.5, 0.6) is 5.75 Å². The van der Waals surface area contributed by atoms with Gasteiger partial charge in [0.05, 0.1) is 12.6 Å². The number of rotatable bonds is 10. The standard InChI is InChI=1S/C42H40BrN3O2/c1-30-14-12-22-40(48-2)37(30)29-45-25-13-15-31(28-45)26-39(47)32-23-24-38-36(27-32)41(43)44-46(38)42(33-16-6-3-7-17-33,34-18-8-4-9-19-34)35-20-10-5-11-21-35/h3-12,14,16-24,27,31H,13,15,25-26,28-29H2,1-2H3/t31-/m0/s1. The van der Waals surface area contributed by atoms with Crippen molar-refractivity contribution in [3.63, 3.8) is 0 Å². The van der Waals surface area contributed by atoms with Crippen molar-refractivity contribution in [3.8, 4) is 5.75 Å². The predicted molar refractivity (Wildman–Crippen MR) is 197 cm³/mol. The summed E-state index contributed by atoms with van der Waals surface area (Å²) in [5.74, 6) is 1.42. The molecule has 242 valence electrons. The Morgan fingerprint density at radius 2 is 1.48 bits per heavy atom. The van der Waals surface area contributed by atoms with Crippen molar-refractivity contribution < 1.29 is 9.53 Å². The third-order valence-electron chi connectivity index (χ3n) is 9.90. The lowest BCUT2D eigenvalue weighted by molar-refractivity contribution is 0.0912. The highest BCUT2D eigenvalue weighted by Crippen LogP contribution is 2.43. The van der Waals surface area contributed by atoms with E-state index in [1.54, 1.807) is 7.11 Å². The molecule has 0 saturated carbocycles. The van der Waals surface area contributed by atoms with Crippen molar-refractivity contribution in [2.24, 2.45) is 5.92 Å². The van der Waals surface area contributed by atoms with Crippen LogP contribution in [0.3, 0.4) is 0 Å². The van der Waals surface area contributed by atoms with Gasteiger partial charge in [-0.1, -0.05) is 103 Å². The van der Waals surface area contributed by atoms with Crippen LogP contribution in [0.4, 0.5) is 0 Å². The summed E-state index contributed by atoms with van der Waals surface area (Å²) in [6.45, 7) is 4.92. The van der Waals surface area contributed by atoms with Crippen LogP contribution in [0.2, 0.25) is 0 Å². The minimum Gasteiger partial charge on any atom is -0.496 e. The monoisotopic (exact) mass is 697 g/mol. The number of aryl methyl sites for hydroxylation is 1. The number of aromatic nitrogens is 2. The number of fused-ring (bicyclic) bond motifs is 1. The highest BCUT2D eigenvalue weighted by molar-refractivity contribution is 9.10. The zero-order valence-electron chi connectivity index (χ0n) is 27.5. The zero-order chi connectivity index (χ0) is 33.1. The first-order valence-corrected chi connectivity index (χ1v) is 17.5. The molecule has 0 aliphatic carbocycles. The van der Waals surface area contributed by atoms with E-state index in [9.17, 15) is 4.79 Å². The fourth-order valence-corrected chi connectivity index (χ4v) is 8.03. The van der Waals surface area contributed by atoms with Gasteiger partial charge in [-0.3, -0.25) is 9.69 Å². The third-order valence-corrected chi connectivity index (χ3v) is 10.5. The normalized spacial score (nSPS) is 15.4. The summed E-state index contributed by atoms with van der Waals surface area (Å²) in [6.07, 6.45) is 2.68. The SMILES string of the molecule is COc1cccc(C)c1CN1CCC[C@@H](CC(=O)c2ccc3c(c2)c(Br)nn3C(c2ccccc2)(c2ccccc2)c2ccccc2)C1. The summed E-state index contributed by atoms with van der Waals surface area (Å²) in [4.78, 5) is 16.4. The summed E-state index contributed by atoms with van der Waals surface area (Å²) in [7, 11) is 1.74. The van der Waals surface area contributed by atoms with Crippen LogP contribution in [-0.4, -0.2) is 40.7 Å². The molecule has 5 aromatic carbocycles. The summed E-state index contributed by atoms with van der Waals surface area (Å²) in [6, 6.07) is 43.9. The zero-order valence-corrected chi connectivity index (χ0v) is 29.1. The number of piperidine rings is 1. The van der Waals surface area contributed by atoms with E-state index in [0.29, 0.717) is 12.3 Å². The first kappa shape index (κ1) is 32.0. The van der Waals surface area contributed by atoms with Crippen LogP contribution in [0.15, 0.2) is 132 Å².